The molecule has 0 bridgehead atoms. The topological polar surface area (TPSA) is 57.0 Å². The number of benzene rings is 7. The molecule has 2 aliphatic carbocycles. The number of nitrogens with zero attached hydrogens (tertiary/aromatic N) is 1. The van der Waals surface area contributed by atoms with Crippen LogP contribution >= 0.6 is 0 Å². The molecule has 10 rings (SSSR count). The molecular formula is C55H49N3. The Kier molecular flexibility index (Phi) is 9.55. The number of rotatable bonds is 7. The summed E-state index contributed by atoms with van der Waals surface area (Å²) in [5.74, 6) is 0. The lowest BCUT2D eigenvalue weighted by Crippen LogP contribution is -2.15. The first kappa shape index (κ1) is 36.9. The Hall–Kier alpha value is -6.68. The third-order valence-electron chi connectivity index (χ3n) is 12.3. The van der Waals surface area contributed by atoms with Gasteiger partial charge in [-0.3, -0.25) is 0 Å². The number of hydrogen-bond donors (Lipinski definition) is 2. The first-order valence-corrected chi connectivity index (χ1v) is 20.3. The molecule has 0 spiro atoms. The van der Waals surface area contributed by atoms with Gasteiger partial charge in [0.15, 0.2) is 0 Å². The van der Waals surface area contributed by atoms with Gasteiger partial charge in [0.25, 0.3) is 0 Å². The van der Waals surface area contributed by atoms with Gasteiger partial charge in [0.05, 0.1) is 11.0 Å². The fourth-order valence-electron chi connectivity index (χ4n) is 9.35. The maximum Gasteiger partial charge on any atom is 0.0547 e. The summed E-state index contributed by atoms with van der Waals surface area (Å²) in [5.41, 5.74) is 28.1. The van der Waals surface area contributed by atoms with Gasteiger partial charge in [-0.15, -0.1) is 0 Å². The van der Waals surface area contributed by atoms with E-state index in [0.29, 0.717) is 6.54 Å². The summed E-state index contributed by atoms with van der Waals surface area (Å²) >= 11 is 0. The fourth-order valence-corrected chi connectivity index (χ4v) is 9.35. The van der Waals surface area contributed by atoms with Crippen LogP contribution in [0.25, 0.3) is 66.2 Å². The van der Waals surface area contributed by atoms with Crippen molar-refractivity contribution in [1.29, 1.82) is 0 Å². The van der Waals surface area contributed by atoms with Gasteiger partial charge in [0, 0.05) is 34.1 Å². The van der Waals surface area contributed by atoms with E-state index in [4.69, 9.17) is 11.5 Å². The predicted molar refractivity (Wildman–Crippen MR) is 249 cm³/mol. The standard InChI is InChI=1S/C40H32N2.C15H17N/c1-40(2)36-17-8-7-16-30(36)33-20-35-34-19-31-28-14-5-3-12-26(28)27-13-4-6-15-29(27)32(31)21-38(34)42(39(35)22-37(33)40)25-11-9-10-24(18-25)23-41;1-3-8-14(4-2)15(16)12-11-13-9-6-5-7-10-13/h3-4,6-13,15-22H,5,14,23,41H2,1-2H3;3-10,12H,1-2,11,16H2/b;14-8+,15-12-. The van der Waals surface area contributed by atoms with Crippen molar-refractivity contribution in [2.45, 2.75) is 45.1 Å². The molecule has 0 saturated carbocycles. The van der Waals surface area contributed by atoms with Gasteiger partial charge in [-0.1, -0.05) is 154 Å². The van der Waals surface area contributed by atoms with Crippen LogP contribution in [-0.2, 0) is 24.8 Å². The molecular weight excluding hydrogens is 703 g/mol. The van der Waals surface area contributed by atoms with Gasteiger partial charge < -0.3 is 16.0 Å². The van der Waals surface area contributed by atoms with E-state index in [0.717, 1.165) is 41.8 Å². The van der Waals surface area contributed by atoms with E-state index < -0.39 is 0 Å². The maximum absolute atomic E-state index is 6.14. The molecule has 0 aliphatic heterocycles. The smallest absolute Gasteiger partial charge is 0.0547 e. The summed E-state index contributed by atoms with van der Waals surface area (Å²) in [6.45, 7) is 12.6. The average Bonchev–Trinajstić information content (AvgIpc) is 3.70. The van der Waals surface area contributed by atoms with Crippen LogP contribution in [0.4, 0.5) is 0 Å². The number of nitrogens with two attached hydrogens (primary N) is 2. The lowest BCUT2D eigenvalue weighted by atomic mass is 9.82. The Morgan fingerprint density at radius 1 is 0.690 bits per heavy atom. The van der Waals surface area contributed by atoms with E-state index in [-0.39, 0.29) is 5.41 Å². The van der Waals surface area contributed by atoms with Crippen molar-refractivity contribution in [1.82, 2.24) is 4.57 Å². The summed E-state index contributed by atoms with van der Waals surface area (Å²) in [4.78, 5) is 0. The summed E-state index contributed by atoms with van der Waals surface area (Å²) in [6.07, 6.45) is 15.0. The first-order chi connectivity index (χ1) is 28.3. The minimum atomic E-state index is -0.0627. The highest BCUT2D eigenvalue weighted by Gasteiger charge is 2.36. The zero-order valence-electron chi connectivity index (χ0n) is 33.4. The van der Waals surface area contributed by atoms with Gasteiger partial charge in [0.2, 0.25) is 0 Å². The first-order valence-electron chi connectivity index (χ1n) is 20.3. The molecule has 1 aromatic heterocycles. The lowest BCUT2D eigenvalue weighted by molar-refractivity contribution is 0.661. The van der Waals surface area contributed by atoms with Crippen LogP contribution in [0, 0.1) is 0 Å². The van der Waals surface area contributed by atoms with Gasteiger partial charge >= 0.3 is 0 Å². The van der Waals surface area contributed by atoms with Crippen molar-refractivity contribution in [3.05, 3.63) is 216 Å². The highest BCUT2D eigenvalue weighted by molar-refractivity contribution is 6.21. The third-order valence-corrected chi connectivity index (χ3v) is 12.3. The van der Waals surface area contributed by atoms with Crippen molar-refractivity contribution >= 4 is 49.4 Å². The number of aryl methyl sites for hydroxylation is 1. The maximum atomic E-state index is 6.14. The summed E-state index contributed by atoms with van der Waals surface area (Å²) in [5, 5.41) is 8.02. The molecule has 8 aromatic rings. The fraction of sp³-hybridized carbons (Fsp3) is 0.127. The van der Waals surface area contributed by atoms with Crippen molar-refractivity contribution in [3.8, 4) is 16.8 Å². The van der Waals surface area contributed by atoms with E-state index in [1.54, 1.807) is 12.2 Å². The quantitative estimate of drug-likeness (QED) is 0.126. The Balaban J connectivity index is 0.000000231. The molecule has 0 unspecified atom stereocenters. The van der Waals surface area contributed by atoms with Crippen LogP contribution < -0.4 is 11.5 Å². The molecule has 1 heterocycles. The van der Waals surface area contributed by atoms with Gasteiger partial charge in [-0.25, -0.2) is 0 Å². The molecule has 7 aromatic carbocycles. The highest BCUT2D eigenvalue weighted by atomic mass is 15.0. The van der Waals surface area contributed by atoms with E-state index in [1.165, 1.54) is 82.3 Å². The Labute approximate surface area is 341 Å². The largest absolute Gasteiger partial charge is 0.398 e. The second kappa shape index (κ2) is 15.0. The molecule has 2 aliphatic rings. The molecule has 58 heavy (non-hydrogen) atoms. The van der Waals surface area contributed by atoms with E-state index in [2.05, 4.69) is 153 Å². The second-order valence-electron chi connectivity index (χ2n) is 16.0. The van der Waals surface area contributed by atoms with Crippen molar-refractivity contribution < 1.29 is 0 Å². The van der Waals surface area contributed by atoms with Crippen molar-refractivity contribution in [2.75, 3.05) is 0 Å². The number of allylic oxidation sites excluding steroid dienone is 5. The van der Waals surface area contributed by atoms with E-state index >= 15 is 0 Å². The van der Waals surface area contributed by atoms with Gasteiger partial charge in [-0.2, -0.15) is 0 Å². The predicted octanol–water partition coefficient (Wildman–Crippen LogP) is 13.2. The van der Waals surface area contributed by atoms with Crippen LogP contribution in [0.3, 0.4) is 0 Å². The van der Waals surface area contributed by atoms with Crippen LogP contribution in [-0.4, -0.2) is 4.57 Å². The van der Waals surface area contributed by atoms with Crippen LogP contribution in [0.15, 0.2) is 182 Å². The molecule has 0 saturated heterocycles. The summed E-state index contributed by atoms with van der Waals surface area (Å²) in [7, 11) is 0. The summed E-state index contributed by atoms with van der Waals surface area (Å²) < 4.78 is 2.48. The van der Waals surface area contributed by atoms with E-state index in [1.807, 2.05) is 30.4 Å². The summed E-state index contributed by atoms with van der Waals surface area (Å²) in [6, 6.07) is 46.7. The molecule has 0 amide bonds. The molecule has 0 fully saturated rings. The zero-order valence-corrected chi connectivity index (χ0v) is 33.4. The Morgan fingerprint density at radius 3 is 2.21 bits per heavy atom. The second-order valence-corrected chi connectivity index (χ2v) is 16.0. The van der Waals surface area contributed by atoms with Gasteiger partial charge in [0.1, 0.15) is 0 Å². The van der Waals surface area contributed by atoms with Crippen molar-refractivity contribution in [2.24, 2.45) is 11.5 Å². The number of fused-ring (bicyclic) bond motifs is 12. The zero-order chi connectivity index (χ0) is 40.0. The molecule has 3 nitrogen and oxygen atoms in total. The molecule has 0 radical (unpaired) electrons. The SMILES string of the molecule is C=C/C=C(C=C)/C(N)=C/Cc1ccccc1.CC1(C)c2ccccc2-c2cc3c4cc5c6c(c7ccccc7c5cc4n(-c4cccc(CN)c4)c3cc21)C=CCC6. The van der Waals surface area contributed by atoms with Crippen LogP contribution in [0.1, 0.15) is 53.6 Å². The van der Waals surface area contributed by atoms with E-state index in [9.17, 15) is 0 Å². The molecule has 4 N–H and O–H groups in total. The number of aromatic nitrogens is 1. The Morgan fingerprint density at radius 2 is 1.41 bits per heavy atom. The van der Waals surface area contributed by atoms with Gasteiger partial charge in [-0.05, 0) is 127 Å². The monoisotopic (exact) mass is 751 g/mol. The number of hydrogen-bond acceptors (Lipinski definition) is 2. The lowest BCUT2D eigenvalue weighted by Gasteiger charge is -2.21. The third kappa shape index (κ3) is 6.20. The van der Waals surface area contributed by atoms with Crippen LogP contribution in [0.2, 0.25) is 0 Å². The average molecular weight is 752 g/mol. The molecule has 0 atom stereocenters. The van der Waals surface area contributed by atoms with Crippen LogP contribution in [0.5, 0.6) is 0 Å². The molecule has 284 valence electrons. The highest BCUT2D eigenvalue weighted by Crippen LogP contribution is 2.51. The minimum Gasteiger partial charge on any atom is -0.398 e. The van der Waals surface area contributed by atoms with Crippen molar-refractivity contribution in [3.63, 3.8) is 0 Å². The Bertz CT molecular complexity index is 3020. The molecule has 3 heteroatoms. The normalized spacial score (nSPS) is 14.3. The minimum absolute atomic E-state index is 0.0627.